The number of rotatable bonds is 10. The van der Waals surface area contributed by atoms with E-state index in [0.29, 0.717) is 0 Å². The minimum absolute atomic E-state index is 0.0485. The van der Waals surface area contributed by atoms with Gasteiger partial charge in [-0.05, 0) is 52.0 Å². The second-order valence-corrected chi connectivity index (χ2v) is 10.4. The molecule has 170 valence electrons. The van der Waals surface area contributed by atoms with E-state index in [0.717, 1.165) is 11.1 Å². The lowest BCUT2D eigenvalue weighted by Gasteiger charge is -2.18. The van der Waals surface area contributed by atoms with Crippen molar-refractivity contribution in [2.24, 2.45) is 0 Å². The molecule has 0 aliphatic rings. The molecule has 0 aromatic heterocycles. The number of hydrogen-bond acceptors (Lipinski definition) is 8. The Morgan fingerprint density at radius 3 is 1.71 bits per heavy atom. The van der Waals surface area contributed by atoms with Crippen LogP contribution in [0.2, 0.25) is 0 Å². The summed E-state index contributed by atoms with van der Waals surface area (Å²) in [5.74, 6) is -0.929. The summed E-state index contributed by atoms with van der Waals surface area (Å²) >= 11 is 0. The first-order valence-corrected chi connectivity index (χ1v) is 12.4. The van der Waals surface area contributed by atoms with E-state index in [1.54, 1.807) is 45.0 Å². The van der Waals surface area contributed by atoms with Gasteiger partial charge in [-0.25, -0.2) is 4.79 Å². The quantitative estimate of drug-likeness (QED) is 0.384. The summed E-state index contributed by atoms with van der Waals surface area (Å²) < 4.78 is 64.9. The molecule has 2 rings (SSSR count). The molecule has 1 unspecified atom stereocenters. The van der Waals surface area contributed by atoms with Crippen LogP contribution in [0.15, 0.2) is 58.3 Å². The molecule has 31 heavy (non-hydrogen) atoms. The summed E-state index contributed by atoms with van der Waals surface area (Å²) in [5, 5.41) is 0. The summed E-state index contributed by atoms with van der Waals surface area (Å²) in [5.41, 5.74) is 1.73. The Balaban J connectivity index is 2.13. The van der Waals surface area contributed by atoms with Gasteiger partial charge in [-0.1, -0.05) is 35.4 Å². The molecule has 2 aromatic carbocycles. The van der Waals surface area contributed by atoms with Crippen LogP contribution in [0.25, 0.3) is 0 Å². The predicted molar refractivity (Wildman–Crippen MR) is 113 cm³/mol. The number of benzene rings is 2. The van der Waals surface area contributed by atoms with Gasteiger partial charge in [0.05, 0.1) is 22.5 Å². The highest BCUT2D eigenvalue weighted by Gasteiger charge is 2.30. The highest BCUT2D eigenvalue weighted by molar-refractivity contribution is 7.87. The third-order valence-electron chi connectivity index (χ3n) is 4.10. The van der Waals surface area contributed by atoms with Crippen molar-refractivity contribution in [2.45, 2.75) is 56.1 Å². The first-order chi connectivity index (χ1) is 14.4. The zero-order valence-corrected chi connectivity index (χ0v) is 19.4. The molecule has 2 aromatic rings. The zero-order chi connectivity index (χ0) is 23.2. The summed E-state index contributed by atoms with van der Waals surface area (Å²) in [6, 6.07) is 11.9. The fraction of sp³-hybridized carbons (Fsp3) is 0.381. The van der Waals surface area contributed by atoms with Crippen LogP contribution in [-0.4, -0.2) is 41.6 Å². The molecule has 0 saturated carbocycles. The highest BCUT2D eigenvalue weighted by Crippen LogP contribution is 2.19. The lowest BCUT2D eigenvalue weighted by molar-refractivity contribution is -0.156. The fourth-order valence-corrected chi connectivity index (χ4v) is 4.45. The minimum atomic E-state index is -4.29. The van der Waals surface area contributed by atoms with Gasteiger partial charge in [-0.3, -0.25) is 8.37 Å². The Morgan fingerprint density at radius 1 is 0.806 bits per heavy atom. The van der Waals surface area contributed by atoms with Gasteiger partial charge in [0.2, 0.25) is 0 Å². The smallest absolute Gasteiger partial charge is 0.337 e. The standard InChI is InChI=1S/C21H26O8S2/c1-15(2)28-21(22)20(29-31(25,26)19-11-7-17(4)8-12-19)13-14-27-30(23,24)18-9-5-16(3)6-10-18/h5-12,15,20H,13-14H2,1-4H3. The number of hydrogen-bond donors (Lipinski definition) is 0. The monoisotopic (exact) mass is 470 g/mol. The number of ether oxygens (including phenoxy) is 1. The summed E-state index contributed by atoms with van der Waals surface area (Å²) in [4.78, 5) is 12.2. The largest absolute Gasteiger partial charge is 0.461 e. The molecule has 10 heteroatoms. The van der Waals surface area contributed by atoms with Crippen molar-refractivity contribution in [1.82, 2.24) is 0 Å². The van der Waals surface area contributed by atoms with E-state index < -0.39 is 45.0 Å². The number of carbonyl (C=O) groups excluding carboxylic acids is 1. The van der Waals surface area contributed by atoms with Crippen LogP contribution >= 0.6 is 0 Å². The predicted octanol–water partition coefficient (Wildman–Crippen LogP) is 3.12. The lowest BCUT2D eigenvalue weighted by atomic mass is 10.2. The first-order valence-electron chi connectivity index (χ1n) is 9.57. The Labute approximate surface area is 183 Å². The Kier molecular flexibility index (Phi) is 8.35. The summed E-state index contributed by atoms with van der Waals surface area (Å²) in [6.45, 7) is 6.33. The van der Waals surface area contributed by atoms with E-state index in [4.69, 9.17) is 13.1 Å². The minimum Gasteiger partial charge on any atom is -0.461 e. The highest BCUT2D eigenvalue weighted by atomic mass is 32.2. The Bertz CT molecular complexity index is 1090. The van der Waals surface area contributed by atoms with Gasteiger partial charge in [0.25, 0.3) is 20.2 Å². The topological polar surface area (TPSA) is 113 Å². The average Bonchev–Trinajstić information content (AvgIpc) is 2.67. The maximum atomic E-state index is 12.6. The van der Waals surface area contributed by atoms with Crippen molar-refractivity contribution < 1.29 is 34.7 Å². The van der Waals surface area contributed by atoms with Crippen LogP contribution in [-0.2, 0) is 38.1 Å². The van der Waals surface area contributed by atoms with Crippen LogP contribution in [0.5, 0.6) is 0 Å². The van der Waals surface area contributed by atoms with Gasteiger partial charge in [-0.15, -0.1) is 0 Å². The SMILES string of the molecule is Cc1ccc(S(=O)(=O)OCCC(OS(=O)(=O)c2ccc(C)cc2)C(=O)OC(C)C)cc1. The first kappa shape index (κ1) is 25.0. The summed E-state index contributed by atoms with van der Waals surface area (Å²) in [6.07, 6.45) is -2.43. The van der Waals surface area contributed by atoms with Gasteiger partial charge in [-0.2, -0.15) is 16.8 Å². The van der Waals surface area contributed by atoms with Crippen molar-refractivity contribution >= 4 is 26.2 Å². The van der Waals surface area contributed by atoms with Gasteiger partial charge < -0.3 is 4.74 Å². The molecule has 0 bridgehead atoms. The van der Waals surface area contributed by atoms with Crippen LogP contribution in [0, 0.1) is 13.8 Å². The molecule has 0 heterocycles. The second-order valence-electron chi connectivity index (χ2n) is 7.22. The maximum absolute atomic E-state index is 12.6. The molecule has 0 amide bonds. The molecule has 0 fully saturated rings. The van der Waals surface area contributed by atoms with Crippen molar-refractivity contribution in [3.05, 3.63) is 59.7 Å². The van der Waals surface area contributed by atoms with E-state index in [-0.39, 0.29) is 16.2 Å². The van der Waals surface area contributed by atoms with Crippen molar-refractivity contribution in [3.63, 3.8) is 0 Å². The lowest BCUT2D eigenvalue weighted by Crippen LogP contribution is -2.32. The molecule has 0 aliphatic heterocycles. The molecule has 0 saturated heterocycles. The van der Waals surface area contributed by atoms with Crippen LogP contribution in [0.4, 0.5) is 0 Å². The fourth-order valence-electron chi connectivity index (χ4n) is 2.46. The van der Waals surface area contributed by atoms with Gasteiger partial charge >= 0.3 is 5.97 Å². The number of carbonyl (C=O) groups is 1. The molecule has 0 aliphatic carbocycles. The third kappa shape index (κ3) is 7.42. The average molecular weight is 471 g/mol. The zero-order valence-electron chi connectivity index (χ0n) is 17.8. The molecule has 1 atom stereocenters. The Morgan fingerprint density at radius 2 is 1.26 bits per heavy atom. The number of esters is 1. The summed E-state index contributed by atoms with van der Waals surface area (Å²) in [7, 11) is -8.36. The molecule has 0 spiro atoms. The van der Waals surface area contributed by atoms with Crippen LogP contribution in [0.1, 0.15) is 31.4 Å². The van der Waals surface area contributed by atoms with Crippen LogP contribution < -0.4 is 0 Å². The van der Waals surface area contributed by atoms with Crippen LogP contribution in [0.3, 0.4) is 0 Å². The number of aryl methyl sites for hydroxylation is 2. The maximum Gasteiger partial charge on any atom is 0.337 e. The molecule has 0 N–H and O–H groups in total. The molecular weight excluding hydrogens is 444 g/mol. The normalized spacial score (nSPS) is 13.2. The Hall–Kier alpha value is -2.27. The van der Waals surface area contributed by atoms with E-state index in [2.05, 4.69) is 0 Å². The van der Waals surface area contributed by atoms with Crippen molar-refractivity contribution in [2.75, 3.05) is 6.61 Å². The molecule has 0 radical (unpaired) electrons. The van der Waals surface area contributed by atoms with Gasteiger partial charge in [0.1, 0.15) is 0 Å². The van der Waals surface area contributed by atoms with E-state index in [1.165, 1.54) is 24.3 Å². The van der Waals surface area contributed by atoms with Gasteiger partial charge in [0, 0.05) is 6.42 Å². The van der Waals surface area contributed by atoms with Crippen molar-refractivity contribution in [3.8, 4) is 0 Å². The third-order valence-corrected chi connectivity index (χ3v) is 6.76. The molecular formula is C21H26O8S2. The van der Waals surface area contributed by atoms with E-state index in [1.807, 2.05) is 6.92 Å². The van der Waals surface area contributed by atoms with Gasteiger partial charge in [0.15, 0.2) is 6.10 Å². The second kappa shape index (κ2) is 10.4. The van der Waals surface area contributed by atoms with E-state index in [9.17, 15) is 21.6 Å². The molecule has 8 nitrogen and oxygen atoms in total. The van der Waals surface area contributed by atoms with E-state index >= 15 is 0 Å². The van der Waals surface area contributed by atoms with Crippen molar-refractivity contribution in [1.29, 1.82) is 0 Å².